The van der Waals surface area contributed by atoms with Crippen molar-refractivity contribution in [2.45, 2.75) is 45.2 Å². The number of rotatable bonds is 4. The first-order valence-electron chi connectivity index (χ1n) is 11.2. The van der Waals surface area contributed by atoms with Gasteiger partial charge in [-0.25, -0.2) is 4.79 Å². The number of phenols is 1. The molecule has 31 heavy (non-hydrogen) atoms. The fourth-order valence-electron chi connectivity index (χ4n) is 4.99. The van der Waals surface area contributed by atoms with E-state index in [0.717, 1.165) is 52.4 Å². The molecule has 0 saturated carbocycles. The van der Waals surface area contributed by atoms with Crippen LogP contribution >= 0.6 is 0 Å². The Bertz CT molecular complexity index is 1290. The first kappa shape index (κ1) is 19.8. The number of phenolic OH excluding ortho intramolecular Hbond substituents is 1. The number of piperidine rings is 1. The van der Waals surface area contributed by atoms with Crippen LogP contribution < -0.4 is 5.63 Å². The van der Waals surface area contributed by atoms with Crippen molar-refractivity contribution in [3.05, 3.63) is 76.6 Å². The number of aromatic hydroxyl groups is 1. The molecule has 0 aliphatic carbocycles. The Balaban J connectivity index is 1.63. The van der Waals surface area contributed by atoms with Gasteiger partial charge in [-0.2, -0.15) is 0 Å². The Morgan fingerprint density at radius 3 is 2.58 bits per heavy atom. The van der Waals surface area contributed by atoms with Gasteiger partial charge >= 0.3 is 5.63 Å². The van der Waals surface area contributed by atoms with Gasteiger partial charge < -0.3 is 9.52 Å². The predicted molar refractivity (Wildman–Crippen MR) is 125 cm³/mol. The van der Waals surface area contributed by atoms with Gasteiger partial charge in [0.15, 0.2) is 0 Å². The Kier molecular flexibility index (Phi) is 5.24. The molecule has 1 fully saturated rings. The first-order valence-corrected chi connectivity index (χ1v) is 11.2. The molecule has 0 bridgehead atoms. The van der Waals surface area contributed by atoms with Gasteiger partial charge in [-0.3, -0.25) is 4.90 Å². The van der Waals surface area contributed by atoms with Crippen molar-refractivity contribution in [3.8, 4) is 16.9 Å². The van der Waals surface area contributed by atoms with Gasteiger partial charge in [0, 0.05) is 40.4 Å². The molecular weight excluding hydrogens is 386 g/mol. The summed E-state index contributed by atoms with van der Waals surface area (Å²) in [4.78, 5) is 14.9. The Morgan fingerprint density at radius 2 is 1.77 bits per heavy atom. The third-order valence-electron chi connectivity index (χ3n) is 6.64. The largest absolute Gasteiger partial charge is 0.507 e. The molecule has 3 aromatic carbocycles. The van der Waals surface area contributed by atoms with E-state index in [-0.39, 0.29) is 11.4 Å². The van der Waals surface area contributed by atoms with Crippen LogP contribution in [0.1, 0.15) is 38.2 Å². The molecule has 1 saturated heterocycles. The van der Waals surface area contributed by atoms with Crippen LogP contribution in [0.2, 0.25) is 0 Å². The van der Waals surface area contributed by atoms with Gasteiger partial charge in [-0.15, -0.1) is 0 Å². The normalized spacial score (nSPS) is 17.4. The lowest BCUT2D eigenvalue weighted by Gasteiger charge is -2.35. The second kappa shape index (κ2) is 8.20. The molecule has 0 spiro atoms. The van der Waals surface area contributed by atoms with E-state index in [1.54, 1.807) is 6.07 Å². The van der Waals surface area contributed by atoms with Crippen molar-refractivity contribution >= 4 is 21.7 Å². The molecule has 1 aliphatic heterocycles. The molecule has 4 heteroatoms. The lowest BCUT2D eigenvalue weighted by Crippen LogP contribution is -2.38. The number of nitrogens with zero attached hydrogens (tertiary/aromatic N) is 1. The van der Waals surface area contributed by atoms with Crippen LogP contribution in [0.15, 0.2) is 69.9 Å². The van der Waals surface area contributed by atoms with Crippen LogP contribution in [-0.4, -0.2) is 22.6 Å². The molecule has 0 radical (unpaired) electrons. The number of hydrogen-bond donors (Lipinski definition) is 1. The standard InChI is InChI=1S/C27H27NO3/c1-2-20-10-6-7-15-28(20)17-19-11-12-22-21(26(19)30)13-14-23-24(16-25(29)31-27(22)23)18-8-4-3-5-9-18/h3-5,8-9,11-14,16,20,30H,2,6-7,10,15,17H2,1H3. The maximum Gasteiger partial charge on any atom is 0.336 e. The van der Waals surface area contributed by atoms with E-state index >= 15 is 0 Å². The zero-order valence-electron chi connectivity index (χ0n) is 17.8. The molecule has 1 aromatic heterocycles. The Morgan fingerprint density at radius 1 is 1.00 bits per heavy atom. The molecular formula is C27H27NO3. The highest BCUT2D eigenvalue weighted by Crippen LogP contribution is 2.37. The summed E-state index contributed by atoms with van der Waals surface area (Å²) in [6.45, 7) is 4.05. The lowest BCUT2D eigenvalue weighted by atomic mass is 9.96. The SMILES string of the molecule is CCC1CCCCN1Cc1ccc2c(ccc3c(-c4ccccc4)cc(=O)oc32)c1O. The molecule has 4 nitrogen and oxygen atoms in total. The maximum absolute atomic E-state index is 12.4. The first-order chi connectivity index (χ1) is 15.2. The van der Waals surface area contributed by atoms with E-state index in [4.69, 9.17) is 4.42 Å². The van der Waals surface area contributed by atoms with Gasteiger partial charge in [0.1, 0.15) is 11.3 Å². The minimum absolute atomic E-state index is 0.285. The highest BCUT2D eigenvalue weighted by molar-refractivity contribution is 6.10. The van der Waals surface area contributed by atoms with Crippen LogP contribution in [0, 0.1) is 0 Å². The summed E-state index contributed by atoms with van der Waals surface area (Å²) < 4.78 is 5.64. The van der Waals surface area contributed by atoms with E-state index in [1.807, 2.05) is 54.6 Å². The minimum atomic E-state index is -0.387. The van der Waals surface area contributed by atoms with E-state index in [9.17, 15) is 9.90 Å². The highest BCUT2D eigenvalue weighted by Gasteiger charge is 2.22. The van der Waals surface area contributed by atoms with Crippen molar-refractivity contribution in [3.63, 3.8) is 0 Å². The van der Waals surface area contributed by atoms with Crippen LogP contribution in [0.4, 0.5) is 0 Å². The zero-order chi connectivity index (χ0) is 21.4. The summed E-state index contributed by atoms with van der Waals surface area (Å²) in [6.07, 6.45) is 4.85. The fraction of sp³-hybridized carbons (Fsp3) is 0.296. The second-order valence-electron chi connectivity index (χ2n) is 8.48. The average Bonchev–Trinajstić information content (AvgIpc) is 2.81. The molecule has 1 atom stereocenters. The van der Waals surface area contributed by atoms with Gasteiger partial charge in [-0.05, 0) is 49.1 Å². The van der Waals surface area contributed by atoms with E-state index < -0.39 is 0 Å². The molecule has 2 heterocycles. The predicted octanol–water partition coefficient (Wildman–Crippen LogP) is 6.08. The number of benzene rings is 3. The summed E-state index contributed by atoms with van der Waals surface area (Å²) in [5, 5.41) is 13.5. The number of hydrogen-bond acceptors (Lipinski definition) is 4. The third kappa shape index (κ3) is 3.61. The fourth-order valence-corrected chi connectivity index (χ4v) is 4.99. The van der Waals surface area contributed by atoms with Crippen molar-refractivity contribution in [1.29, 1.82) is 0 Å². The van der Waals surface area contributed by atoms with Crippen LogP contribution in [0.3, 0.4) is 0 Å². The van der Waals surface area contributed by atoms with Crippen molar-refractivity contribution < 1.29 is 9.52 Å². The van der Waals surface area contributed by atoms with Gasteiger partial charge in [-0.1, -0.05) is 55.8 Å². The van der Waals surface area contributed by atoms with Crippen LogP contribution in [-0.2, 0) is 6.54 Å². The summed E-state index contributed by atoms with van der Waals surface area (Å²) in [5.41, 5.74) is 2.87. The minimum Gasteiger partial charge on any atom is -0.507 e. The molecule has 1 aliphatic rings. The van der Waals surface area contributed by atoms with Crippen molar-refractivity contribution in [1.82, 2.24) is 4.90 Å². The van der Waals surface area contributed by atoms with E-state index in [0.29, 0.717) is 11.6 Å². The molecule has 1 N–H and O–H groups in total. The molecule has 0 amide bonds. The highest BCUT2D eigenvalue weighted by atomic mass is 16.4. The lowest BCUT2D eigenvalue weighted by molar-refractivity contribution is 0.135. The average molecular weight is 414 g/mol. The summed E-state index contributed by atoms with van der Waals surface area (Å²) in [5.74, 6) is 0.285. The molecule has 158 valence electrons. The molecule has 5 rings (SSSR count). The second-order valence-corrected chi connectivity index (χ2v) is 8.48. The maximum atomic E-state index is 12.4. The van der Waals surface area contributed by atoms with Gasteiger partial charge in [0.2, 0.25) is 0 Å². The number of likely N-dealkylation sites (tertiary alicyclic amines) is 1. The van der Waals surface area contributed by atoms with E-state index in [2.05, 4.69) is 11.8 Å². The Labute approximate surface area is 181 Å². The van der Waals surface area contributed by atoms with Crippen LogP contribution in [0.5, 0.6) is 5.75 Å². The number of fused-ring (bicyclic) bond motifs is 3. The van der Waals surface area contributed by atoms with Crippen molar-refractivity contribution in [2.75, 3.05) is 6.54 Å². The third-order valence-corrected chi connectivity index (χ3v) is 6.64. The zero-order valence-corrected chi connectivity index (χ0v) is 17.8. The molecule has 4 aromatic rings. The summed E-state index contributed by atoms with van der Waals surface area (Å²) in [7, 11) is 0. The Hall–Kier alpha value is -3.11. The van der Waals surface area contributed by atoms with Gasteiger partial charge in [0.05, 0.1) is 0 Å². The van der Waals surface area contributed by atoms with Crippen LogP contribution in [0.25, 0.3) is 32.9 Å². The smallest absolute Gasteiger partial charge is 0.336 e. The van der Waals surface area contributed by atoms with Crippen molar-refractivity contribution in [2.24, 2.45) is 0 Å². The summed E-state index contributed by atoms with van der Waals surface area (Å²) in [6, 6.07) is 19.8. The van der Waals surface area contributed by atoms with E-state index in [1.165, 1.54) is 19.3 Å². The summed E-state index contributed by atoms with van der Waals surface area (Å²) >= 11 is 0. The van der Waals surface area contributed by atoms with Gasteiger partial charge in [0.25, 0.3) is 0 Å². The topological polar surface area (TPSA) is 53.7 Å². The monoisotopic (exact) mass is 413 g/mol. The molecule has 1 unspecified atom stereocenters. The quantitative estimate of drug-likeness (QED) is 0.325.